The van der Waals surface area contributed by atoms with Gasteiger partial charge in [0, 0.05) is 17.5 Å². The van der Waals surface area contributed by atoms with Crippen molar-refractivity contribution in [2.75, 3.05) is 6.54 Å². The van der Waals surface area contributed by atoms with Gasteiger partial charge in [0.1, 0.15) is 12.1 Å². The number of amides is 3. The van der Waals surface area contributed by atoms with Crippen LogP contribution in [0.3, 0.4) is 0 Å². The summed E-state index contributed by atoms with van der Waals surface area (Å²) in [6.45, 7) is 5.92. The molecule has 1 aliphatic rings. The SMILES string of the molecule is CC(C)C[C@H](NC(=O)C[C@](C)(O)c1ccc(Cl)cc1)C(=O)N[C@H](C#N)C[C@@H]1CCNC1=O. The summed E-state index contributed by atoms with van der Waals surface area (Å²) in [5.41, 5.74) is -0.917. The number of aliphatic hydroxyl groups is 1. The first-order valence-corrected chi connectivity index (χ1v) is 11.1. The number of nitrogens with zero attached hydrogens (tertiary/aromatic N) is 1. The number of nitriles is 1. The van der Waals surface area contributed by atoms with Gasteiger partial charge in [0.05, 0.1) is 18.1 Å². The van der Waals surface area contributed by atoms with E-state index in [0.717, 1.165) is 0 Å². The molecule has 1 aromatic rings. The van der Waals surface area contributed by atoms with Gasteiger partial charge < -0.3 is 21.1 Å². The molecule has 1 aromatic carbocycles. The van der Waals surface area contributed by atoms with E-state index in [1.54, 1.807) is 24.3 Å². The van der Waals surface area contributed by atoms with Crippen LogP contribution in [0.4, 0.5) is 0 Å². The summed E-state index contributed by atoms with van der Waals surface area (Å²) in [5.74, 6) is -1.30. The number of benzene rings is 1. The van der Waals surface area contributed by atoms with Crippen LogP contribution in [-0.2, 0) is 20.0 Å². The van der Waals surface area contributed by atoms with Gasteiger partial charge in [-0.2, -0.15) is 5.26 Å². The smallest absolute Gasteiger partial charge is 0.243 e. The van der Waals surface area contributed by atoms with Crippen molar-refractivity contribution in [3.05, 3.63) is 34.9 Å². The van der Waals surface area contributed by atoms with Crippen LogP contribution >= 0.6 is 11.6 Å². The molecule has 3 amide bonds. The predicted octanol–water partition coefficient (Wildman–Crippen LogP) is 2.00. The molecule has 174 valence electrons. The summed E-state index contributed by atoms with van der Waals surface area (Å²) < 4.78 is 0. The van der Waals surface area contributed by atoms with E-state index in [-0.39, 0.29) is 30.6 Å². The van der Waals surface area contributed by atoms with Crippen molar-refractivity contribution in [1.29, 1.82) is 5.26 Å². The van der Waals surface area contributed by atoms with Crippen LogP contribution < -0.4 is 16.0 Å². The van der Waals surface area contributed by atoms with Gasteiger partial charge in [-0.15, -0.1) is 0 Å². The van der Waals surface area contributed by atoms with Crippen LogP contribution in [0.15, 0.2) is 24.3 Å². The molecule has 0 radical (unpaired) electrons. The van der Waals surface area contributed by atoms with E-state index in [1.165, 1.54) is 6.92 Å². The van der Waals surface area contributed by atoms with E-state index < -0.39 is 29.5 Å². The number of carbonyl (C=O) groups excluding carboxylic acids is 3. The highest BCUT2D eigenvalue weighted by molar-refractivity contribution is 6.30. The van der Waals surface area contributed by atoms with Crippen molar-refractivity contribution in [2.45, 2.75) is 64.1 Å². The average molecular weight is 463 g/mol. The largest absolute Gasteiger partial charge is 0.385 e. The molecule has 1 fully saturated rings. The van der Waals surface area contributed by atoms with E-state index in [1.807, 2.05) is 19.9 Å². The Balaban J connectivity index is 2.02. The van der Waals surface area contributed by atoms with Crippen LogP contribution in [0.2, 0.25) is 5.02 Å². The Labute approximate surface area is 193 Å². The molecule has 1 aliphatic heterocycles. The van der Waals surface area contributed by atoms with Crippen LogP contribution in [0.25, 0.3) is 0 Å². The molecular weight excluding hydrogens is 432 g/mol. The third-order valence-electron chi connectivity index (χ3n) is 5.49. The maximum absolute atomic E-state index is 12.9. The van der Waals surface area contributed by atoms with E-state index in [2.05, 4.69) is 16.0 Å². The first-order chi connectivity index (χ1) is 15.0. The van der Waals surface area contributed by atoms with E-state index in [9.17, 15) is 24.8 Å². The number of hydrogen-bond donors (Lipinski definition) is 4. The second-order valence-corrected chi connectivity index (χ2v) is 9.35. The van der Waals surface area contributed by atoms with Gasteiger partial charge in [-0.25, -0.2) is 0 Å². The summed E-state index contributed by atoms with van der Waals surface area (Å²) in [6.07, 6.45) is 0.962. The lowest BCUT2D eigenvalue weighted by Gasteiger charge is -2.26. The quantitative estimate of drug-likeness (QED) is 0.422. The normalized spacial score (nSPS) is 19.4. The number of hydrogen-bond acceptors (Lipinski definition) is 5. The van der Waals surface area contributed by atoms with E-state index in [4.69, 9.17) is 11.6 Å². The molecule has 0 saturated carbocycles. The molecule has 8 nitrogen and oxygen atoms in total. The van der Waals surface area contributed by atoms with Gasteiger partial charge in [-0.3, -0.25) is 14.4 Å². The van der Waals surface area contributed by atoms with Crippen molar-refractivity contribution < 1.29 is 19.5 Å². The van der Waals surface area contributed by atoms with Gasteiger partial charge in [0.2, 0.25) is 17.7 Å². The molecule has 0 bridgehead atoms. The van der Waals surface area contributed by atoms with Crippen LogP contribution in [0.1, 0.15) is 52.0 Å². The number of carbonyl (C=O) groups is 3. The molecule has 32 heavy (non-hydrogen) atoms. The number of rotatable bonds is 10. The zero-order chi connectivity index (χ0) is 23.9. The van der Waals surface area contributed by atoms with Gasteiger partial charge in [0.15, 0.2) is 0 Å². The maximum Gasteiger partial charge on any atom is 0.243 e. The Morgan fingerprint density at radius 3 is 2.50 bits per heavy atom. The topological polar surface area (TPSA) is 131 Å². The van der Waals surface area contributed by atoms with Crippen molar-refractivity contribution in [2.24, 2.45) is 11.8 Å². The number of nitrogens with one attached hydrogen (secondary N) is 3. The minimum Gasteiger partial charge on any atom is -0.385 e. The van der Waals surface area contributed by atoms with Gasteiger partial charge >= 0.3 is 0 Å². The summed E-state index contributed by atoms with van der Waals surface area (Å²) in [7, 11) is 0. The highest BCUT2D eigenvalue weighted by Gasteiger charge is 2.32. The molecular formula is C23H31ClN4O4. The Kier molecular flexibility index (Phi) is 9.05. The highest BCUT2D eigenvalue weighted by atomic mass is 35.5. The summed E-state index contributed by atoms with van der Waals surface area (Å²) in [5, 5.41) is 28.8. The third kappa shape index (κ3) is 7.50. The van der Waals surface area contributed by atoms with Crippen LogP contribution in [-0.4, -0.2) is 41.5 Å². The summed E-state index contributed by atoms with van der Waals surface area (Å²) in [4.78, 5) is 37.3. The standard InChI is InChI=1S/C23H31ClN4O4/c1-14(2)10-19(22(31)27-18(13-25)11-15-8-9-26-21(15)30)28-20(29)12-23(3,32)16-4-6-17(24)7-5-16/h4-7,14-15,18-19,32H,8-12H2,1-3H3,(H,26,30)(H,27,31)(H,28,29)/t15-,18-,19-,23-/m0/s1. The Hall–Kier alpha value is -2.63. The molecule has 9 heteroatoms. The predicted molar refractivity (Wildman–Crippen MR) is 120 cm³/mol. The fourth-order valence-electron chi connectivity index (χ4n) is 3.74. The monoisotopic (exact) mass is 462 g/mol. The lowest BCUT2D eigenvalue weighted by Crippen LogP contribution is -2.51. The minimum absolute atomic E-state index is 0.101. The molecule has 1 saturated heterocycles. The fraction of sp³-hybridized carbons (Fsp3) is 0.565. The fourth-order valence-corrected chi connectivity index (χ4v) is 3.87. The lowest BCUT2D eigenvalue weighted by molar-refractivity contribution is -0.132. The molecule has 0 aromatic heterocycles. The Morgan fingerprint density at radius 2 is 1.97 bits per heavy atom. The van der Waals surface area contributed by atoms with Gasteiger partial charge in [0.25, 0.3) is 0 Å². The zero-order valence-electron chi connectivity index (χ0n) is 18.7. The first-order valence-electron chi connectivity index (χ1n) is 10.8. The molecule has 0 spiro atoms. The molecule has 1 heterocycles. The Morgan fingerprint density at radius 1 is 1.31 bits per heavy atom. The highest BCUT2D eigenvalue weighted by Crippen LogP contribution is 2.26. The van der Waals surface area contributed by atoms with Gasteiger partial charge in [-0.05, 0) is 49.8 Å². The van der Waals surface area contributed by atoms with Crippen molar-refractivity contribution in [1.82, 2.24) is 16.0 Å². The van der Waals surface area contributed by atoms with Gasteiger partial charge in [-0.1, -0.05) is 37.6 Å². The van der Waals surface area contributed by atoms with Crippen LogP contribution in [0, 0.1) is 23.2 Å². The Bertz CT molecular complexity index is 864. The molecule has 0 aliphatic carbocycles. The van der Waals surface area contributed by atoms with Crippen molar-refractivity contribution >= 4 is 29.3 Å². The molecule has 4 atom stereocenters. The zero-order valence-corrected chi connectivity index (χ0v) is 19.4. The van der Waals surface area contributed by atoms with E-state index in [0.29, 0.717) is 30.0 Å². The van der Waals surface area contributed by atoms with E-state index >= 15 is 0 Å². The second-order valence-electron chi connectivity index (χ2n) is 8.91. The van der Waals surface area contributed by atoms with Crippen molar-refractivity contribution in [3.8, 4) is 6.07 Å². The summed E-state index contributed by atoms with van der Waals surface area (Å²) >= 11 is 5.88. The summed E-state index contributed by atoms with van der Waals surface area (Å²) in [6, 6.07) is 6.88. The third-order valence-corrected chi connectivity index (χ3v) is 5.74. The molecule has 4 N–H and O–H groups in total. The minimum atomic E-state index is -1.45. The number of halogens is 1. The second kappa shape index (κ2) is 11.3. The average Bonchev–Trinajstić information content (AvgIpc) is 3.10. The molecule has 0 unspecified atom stereocenters. The first kappa shape index (κ1) is 25.6. The lowest BCUT2D eigenvalue weighted by atomic mass is 9.92. The maximum atomic E-state index is 12.9. The van der Waals surface area contributed by atoms with Crippen molar-refractivity contribution in [3.63, 3.8) is 0 Å². The van der Waals surface area contributed by atoms with Crippen LogP contribution in [0.5, 0.6) is 0 Å². The molecule has 2 rings (SSSR count).